The highest BCUT2D eigenvalue weighted by Gasteiger charge is 2.04. The molecule has 1 rings (SSSR count). The summed E-state index contributed by atoms with van der Waals surface area (Å²) in [6.07, 6.45) is 2.25. The van der Waals surface area contributed by atoms with Crippen molar-refractivity contribution in [3.05, 3.63) is 24.0 Å². The lowest BCUT2D eigenvalue weighted by atomic mass is 10.3. The van der Waals surface area contributed by atoms with Crippen LogP contribution in [0.1, 0.15) is 16.9 Å². The Labute approximate surface area is 88.5 Å². The number of hydrogen-bond acceptors (Lipinski definition) is 4. The van der Waals surface area contributed by atoms with E-state index < -0.39 is 0 Å². The van der Waals surface area contributed by atoms with Crippen LogP contribution in [-0.2, 0) is 0 Å². The first-order valence-electron chi connectivity index (χ1n) is 4.81. The van der Waals surface area contributed by atoms with Gasteiger partial charge >= 0.3 is 0 Å². The minimum absolute atomic E-state index is 0.153. The summed E-state index contributed by atoms with van der Waals surface area (Å²) in [5, 5.41) is 14.2. The van der Waals surface area contributed by atoms with Gasteiger partial charge in [0.2, 0.25) is 0 Å². The van der Waals surface area contributed by atoms with E-state index in [1.165, 1.54) is 0 Å². The van der Waals surface area contributed by atoms with Crippen molar-refractivity contribution in [2.24, 2.45) is 0 Å². The van der Waals surface area contributed by atoms with E-state index in [1.54, 1.807) is 25.4 Å². The summed E-state index contributed by atoms with van der Waals surface area (Å²) in [6.45, 7) is 0.827. The molecule has 0 aliphatic heterocycles. The molecule has 15 heavy (non-hydrogen) atoms. The van der Waals surface area contributed by atoms with E-state index in [4.69, 9.17) is 5.11 Å². The first-order chi connectivity index (χ1) is 7.27. The molecule has 1 aromatic rings. The van der Waals surface area contributed by atoms with Gasteiger partial charge in [0.1, 0.15) is 5.69 Å². The van der Waals surface area contributed by atoms with Gasteiger partial charge in [-0.1, -0.05) is 0 Å². The van der Waals surface area contributed by atoms with E-state index >= 15 is 0 Å². The number of aliphatic hydroxyl groups is 1. The van der Waals surface area contributed by atoms with Gasteiger partial charge in [-0.2, -0.15) is 0 Å². The molecular formula is C10H15N3O2. The normalized spacial score (nSPS) is 9.73. The SMILES string of the molecule is CNC(=O)c1cc(NCCCO)ccn1. The zero-order valence-corrected chi connectivity index (χ0v) is 8.66. The van der Waals surface area contributed by atoms with Gasteiger partial charge in [0, 0.05) is 32.1 Å². The fourth-order valence-electron chi connectivity index (χ4n) is 1.10. The number of amides is 1. The number of nitrogens with zero attached hydrogens (tertiary/aromatic N) is 1. The van der Waals surface area contributed by atoms with Crippen LogP contribution in [-0.4, -0.2) is 36.2 Å². The first-order valence-corrected chi connectivity index (χ1v) is 4.81. The average Bonchev–Trinajstić information content (AvgIpc) is 2.29. The lowest BCUT2D eigenvalue weighted by molar-refractivity contribution is 0.0958. The predicted octanol–water partition coefficient (Wildman–Crippen LogP) is 0.235. The average molecular weight is 209 g/mol. The smallest absolute Gasteiger partial charge is 0.269 e. The third-order valence-electron chi connectivity index (χ3n) is 1.88. The van der Waals surface area contributed by atoms with E-state index in [9.17, 15) is 4.79 Å². The van der Waals surface area contributed by atoms with E-state index in [-0.39, 0.29) is 12.5 Å². The quantitative estimate of drug-likeness (QED) is 0.607. The Morgan fingerprint density at radius 1 is 1.60 bits per heavy atom. The van der Waals surface area contributed by atoms with Crippen molar-refractivity contribution in [2.45, 2.75) is 6.42 Å². The molecule has 0 atom stereocenters. The van der Waals surface area contributed by atoms with Crippen LogP contribution in [0.3, 0.4) is 0 Å². The van der Waals surface area contributed by atoms with Crippen LogP contribution in [0.25, 0.3) is 0 Å². The van der Waals surface area contributed by atoms with E-state index in [2.05, 4.69) is 15.6 Å². The Hall–Kier alpha value is -1.62. The third-order valence-corrected chi connectivity index (χ3v) is 1.88. The van der Waals surface area contributed by atoms with E-state index in [0.29, 0.717) is 18.7 Å². The Bertz CT molecular complexity index is 328. The number of hydrogen-bond donors (Lipinski definition) is 3. The molecule has 0 saturated carbocycles. The van der Waals surface area contributed by atoms with Gasteiger partial charge in [0.05, 0.1) is 0 Å². The molecular weight excluding hydrogens is 194 g/mol. The van der Waals surface area contributed by atoms with Crippen molar-refractivity contribution >= 4 is 11.6 Å². The highest BCUT2D eigenvalue weighted by atomic mass is 16.3. The Kier molecular flexibility index (Phi) is 4.56. The molecule has 0 spiro atoms. The molecule has 0 fully saturated rings. The molecule has 3 N–H and O–H groups in total. The van der Waals surface area contributed by atoms with Crippen molar-refractivity contribution in [3.63, 3.8) is 0 Å². The van der Waals surface area contributed by atoms with Gasteiger partial charge in [0.15, 0.2) is 0 Å². The summed E-state index contributed by atoms with van der Waals surface area (Å²) in [6, 6.07) is 3.46. The monoisotopic (exact) mass is 209 g/mol. The maximum absolute atomic E-state index is 11.3. The second-order valence-electron chi connectivity index (χ2n) is 3.01. The van der Waals surface area contributed by atoms with Crippen LogP contribution >= 0.6 is 0 Å². The van der Waals surface area contributed by atoms with Crippen molar-refractivity contribution in [2.75, 3.05) is 25.5 Å². The van der Waals surface area contributed by atoms with Crippen LogP contribution in [0.4, 0.5) is 5.69 Å². The molecule has 0 aliphatic carbocycles. The summed E-state index contributed by atoms with van der Waals surface area (Å²) in [7, 11) is 1.57. The summed E-state index contributed by atoms with van der Waals surface area (Å²) in [4.78, 5) is 15.2. The second-order valence-corrected chi connectivity index (χ2v) is 3.01. The topological polar surface area (TPSA) is 74.2 Å². The Morgan fingerprint density at radius 2 is 2.40 bits per heavy atom. The molecule has 0 aromatic carbocycles. The largest absolute Gasteiger partial charge is 0.396 e. The van der Waals surface area contributed by atoms with Crippen molar-refractivity contribution in [1.82, 2.24) is 10.3 Å². The van der Waals surface area contributed by atoms with Gasteiger partial charge < -0.3 is 15.7 Å². The standard InChI is InChI=1S/C10H15N3O2/c1-11-10(15)9-7-8(3-5-13-9)12-4-2-6-14/h3,5,7,14H,2,4,6H2,1H3,(H,11,15)(H,12,13). The van der Waals surface area contributed by atoms with Crippen LogP contribution in [0.2, 0.25) is 0 Å². The van der Waals surface area contributed by atoms with Crippen LogP contribution in [0, 0.1) is 0 Å². The summed E-state index contributed by atoms with van der Waals surface area (Å²) < 4.78 is 0. The van der Waals surface area contributed by atoms with Crippen LogP contribution < -0.4 is 10.6 Å². The number of carbonyl (C=O) groups excluding carboxylic acids is 1. The molecule has 5 nitrogen and oxygen atoms in total. The molecule has 1 amide bonds. The van der Waals surface area contributed by atoms with Gasteiger partial charge in [-0.25, -0.2) is 0 Å². The number of carbonyl (C=O) groups is 1. The number of pyridine rings is 1. The number of aromatic nitrogens is 1. The highest BCUT2D eigenvalue weighted by Crippen LogP contribution is 2.07. The maximum atomic E-state index is 11.3. The highest BCUT2D eigenvalue weighted by molar-refractivity contribution is 5.92. The number of anilines is 1. The number of nitrogens with one attached hydrogen (secondary N) is 2. The molecule has 1 aromatic heterocycles. The lowest BCUT2D eigenvalue weighted by Gasteiger charge is -2.06. The van der Waals surface area contributed by atoms with Crippen molar-refractivity contribution in [1.29, 1.82) is 0 Å². The molecule has 0 saturated heterocycles. The van der Waals surface area contributed by atoms with E-state index in [0.717, 1.165) is 5.69 Å². The van der Waals surface area contributed by atoms with Gasteiger partial charge in [-0.3, -0.25) is 9.78 Å². The first kappa shape index (κ1) is 11.5. The van der Waals surface area contributed by atoms with Crippen molar-refractivity contribution in [3.8, 4) is 0 Å². The molecule has 82 valence electrons. The van der Waals surface area contributed by atoms with Gasteiger partial charge in [-0.05, 0) is 18.6 Å². The second kappa shape index (κ2) is 5.98. The molecule has 0 aliphatic rings. The minimum Gasteiger partial charge on any atom is -0.396 e. The summed E-state index contributed by atoms with van der Waals surface area (Å²) in [5.74, 6) is -0.208. The number of aliphatic hydroxyl groups excluding tert-OH is 1. The van der Waals surface area contributed by atoms with Gasteiger partial charge in [0.25, 0.3) is 5.91 Å². The fraction of sp³-hybridized carbons (Fsp3) is 0.400. The Balaban J connectivity index is 2.62. The zero-order chi connectivity index (χ0) is 11.1. The van der Waals surface area contributed by atoms with Gasteiger partial charge in [-0.15, -0.1) is 0 Å². The minimum atomic E-state index is -0.208. The molecule has 0 unspecified atom stereocenters. The third kappa shape index (κ3) is 3.55. The lowest BCUT2D eigenvalue weighted by Crippen LogP contribution is -2.19. The molecule has 5 heteroatoms. The molecule has 0 bridgehead atoms. The summed E-state index contributed by atoms with van der Waals surface area (Å²) in [5.41, 5.74) is 1.21. The summed E-state index contributed by atoms with van der Waals surface area (Å²) >= 11 is 0. The number of rotatable bonds is 5. The maximum Gasteiger partial charge on any atom is 0.269 e. The zero-order valence-electron chi connectivity index (χ0n) is 8.66. The van der Waals surface area contributed by atoms with Crippen LogP contribution in [0.5, 0.6) is 0 Å². The van der Waals surface area contributed by atoms with Crippen LogP contribution in [0.15, 0.2) is 18.3 Å². The molecule has 0 radical (unpaired) electrons. The Morgan fingerprint density at radius 3 is 3.07 bits per heavy atom. The fourth-order valence-corrected chi connectivity index (χ4v) is 1.10. The predicted molar refractivity (Wildman–Crippen MR) is 57.8 cm³/mol. The molecule has 1 heterocycles. The van der Waals surface area contributed by atoms with Crippen molar-refractivity contribution < 1.29 is 9.90 Å². The van der Waals surface area contributed by atoms with E-state index in [1.807, 2.05) is 0 Å².